The molecule has 0 aliphatic rings. The van der Waals surface area contributed by atoms with E-state index >= 15 is 0 Å². The number of aromatic nitrogens is 1. The zero-order chi connectivity index (χ0) is 19.1. The van der Waals surface area contributed by atoms with Crippen LogP contribution in [-0.4, -0.2) is 23.5 Å². The van der Waals surface area contributed by atoms with E-state index in [9.17, 15) is 0 Å². The zero-order valence-corrected chi connectivity index (χ0v) is 18.5. The van der Waals surface area contributed by atoms with Gasteiger partial charge in [-0.2, -0.15) is 0 Å². The van der Waals surface area contributed by atoms with E-state index in [4.69, 9.17) is 16.3 Å². The average Bonchev–Trinajstić information content (AvgIpc) is 2.97. The van der Waals surface area contributed by atoms with Gasteiger partial charge in [0, 0.05) is 38.4 Å². The number of alkyl halides is 1. The average molecular weight is 468 g/mol. The smallest absolute Gasteiger partial charge is 0.119 e. The molecule has 0 radical (unpaired) electrons. The molecule has 0 fully saturated rings. The van der Waals surface area contributed by atoms with Crippen molar-refractivity contribution < 1.29 is 4.74 Å². The fourth-order valence-corrected chi connectivity index (χ4v) is 4.08. The van der Waals surface area contributed by atoms with Crippen LogP contribution in [-0.2, 0) is 6.42 Å². The number of nitrogens with one attached hydrogen (secondary N) is 2. The third kappa shape index (κ3) is 5.92. The van der Waals surface area contributed by atoms with Crippen LogP contribution >= 0.6 is 39.5 Å². The molecule has 0 spiro atoms. The number of H-pyrrole nitrogens is 1. The first-order chi connectivity index (χ1) is 13.2. The number of ether oxygens (including phenoxy) is 1. The molecule has 3 rings (SSSR count). The Balaban J connectivity index is 1.43. The molecule has 6 heteroatoms. The lowest BCUT2D eigenvalue weighted by atomic mass is 10.1. The molecule has 2 N–H and O–H groups in total. The molecule has 3 nitrogen and oxygen atoms in total. The van der Waals surface area contributed by atoms with Crippen molar-refractivity contribution in [2.24, 2.45) is 0 Å². The summed E-state index contributed by atoms with van der Waals surface area (Å²) in [5.74, 6) is 0.925. The van der Waals surface area contributed by atoms with Crippen molar-refractivity contribution in [1.82, 2.24) is 9.71 Å². The summed E-state index contributed by atoms with van der Waals surface area (Å²) in [6.45, 7) is 3.82. The summed E-state index contributed by atoms with van der Waals surface area (Å²) in [5.41, 5.74) is 3.76. The SMILES string of the molecule is Cc1[nH]c2ccc(Cl)cc2c1CCCNSc1ccc(OCCCBr)cc1. The van der Waals surface area contributed by atoms with E-state index in [1.807, 2.05) is 18.2 Å². The second kappa shape index (κ2) is 10.4. The minimum absolute atomic E-state index is 0.744. The Morgan fingerprint density at radius 1 is 1.15 bits per heavy atom. The highest BCUT2D eigenvalue weighted by Gasteiger charge is 2.08. The summed E-state index contributed by atoms with van der Waals surface area (Å²) in [6.07, 6.45) is 3.11. The highest BCUT2D eigenvalue weighted by molar-refractivity contribution is 9.09. The van der Waals surface area contributed by atoms with Crippen LogP contribution in [0.3, 0.4) is 0 Å². The van der Waals surface area contributed by atoms with Gasteiger partial charge in [0.2, 0.25) is 0 Å². The molecule has 0 unspecified atom stereocenters. The molecule has 2 aromatic carbocycles. The minimum atomic E-state index is 0.744. The largest absolute Gasteiger partial charge is 0.494 e. The van der Waals surface area contributed by atoms with Crippen molar-refractivity contribution in [3.05, 3.63) is 58.7 Å². The van der Waals surface area contributed by atoms with Crippen molar-refractivity contribution in [1.29, 1.82) is 0 Å². The topological polar surface area (TPSA) is 37.0 Å². The van der Waals surface area contributed by atoms with Gasteiger partial charge in [-0.15, -0.1) is 0 Å². The summed E-state index contributed by atoms with van der Waals surface area (Å²) < 4.78 is 9.12. The van der Waals surface area contributed by atoms with Gasteiger partial charge < -0.3 is 9.72 Å². The van der Waals surface area contributed by atoms with Crippen molar-refractivity contribution in [2.45, 2.75) is 31.1 Å². The highest BCUT2D eigenvalue weighted by Crippen LogP contribution is 2.26. The second-order valence-corrected chi connectivity index (χ2v) is 8.57. The molecule has 3 aromatic rings. The van der Waals surface area contributed by atoms with Crippen molar-refractivity contribution >= 4 is 50.4 Å². The van der Waals surface area contributed by atoms with Gasteiger partial charge in [0.1, 0.15) is 5.75 Å². The van der Waals surface area contributed by atoms with Crippen LogP contribution in [0.25, 0.3) is 10.9 Å². The van der Waals surface area contributed by atoms with E-state index in [1.54, 1.807) is 11.9 Å². The number of aryl methyl sites for hydroxylation is 2. The van der Waals surface area contributed by atoms with E-state index < -0.39 is 0 Å². The van der Waals surface area contributed by atoms with Gasteiger partial charge in [-0.05, 0) is 86.2 Å². The van der Waals surface area contributed by atoms with E-state index in [1.165, 1.54) is 21.5 Å². The molecule has 0 bridgehead atoms. The number of fused-ring (bicyclic) bond motifs is 1. The number of aromatic amines is 1. The van der Waals surface area contributed by atoms with Crippen LogP contribution in [0.1, 0.15) is 24.1 Å². The molecule has 144 valence electrons. The molecule has 0 saturated carbocycles. The molecular formula is C21H24BrClN2OS. The summed E-state index contributed by atoms with van der Waals surface area (Å²) in [5, 5.41) is 3.00. The normalized spacial score (nSPS) is 11.2. The molecule has 1 heterocycles. The summed E-state index contributed by atoms with van der Waals surface area (Å²) >= 11 is 11.2. The highest BCUT2D eigenvalue weighted by atomic mass is 79.9. The first kappa shape index (κ1) is 20.6. The maximum atomic E-state index is 6.16. The standard InChI is InChI=1S/C21H24BrClN2OS/c1-15-19(20-14-16(23)5-10-21(20)25-15)4-2-12-24-27-18-8-6-17(7-9-18)26-13-3-11-22/h5-10,14,24-25H,2-4,11-13H2,1H3. The molecule has 27 heavy (non-hydrogen) atoms. The Morgan fingerprint density at radius 3 is 2.74 bits per heavy atom. The minimum Gasteiger partial charge on any atom is -0.494 e. The lowest BCUT2D eigenvalue weighted by Gasteiger charge is -2.07. The monoisotopic (exact) mass is 466 g/mol. The van der Waals surface area contributed by atoms with Crippen molar-refractivity contribution in [2.75, 3.05) is 18.5 Å². The Kier molecular flexibility index (Phi) is 7.94. The van der Waals surface area contributed by atoms with Gasteiger partial charge in [0.05, 0.1) is 6.61 Å². The van der Waals surface area contributed by atoms with Gasteiger partial charge in [0.25, 0.3) is 0 Å². The predicted molar refractivity (Wildman–Crippen MR) is 121 cm³/mol. The summed E-state index contributed by atoms with van der Waals surface area (Å²) in [7, 11) is 0. The van der Waals surface area contributed by atoms with Crippen LogP contribution in [0.5, 0.6) is 5.75 Å². The fourth-order valence-electron chi connectivity index (χ4n) is 3.00. The van der Waals surface area contributed by atoms with Gasteiger partial charge in [-0.3, -0.25) is 4.72 Å². The second-order valence-electron chi connectivity index (χ2n) is 6.38. The van der Waals surface area contributed by atoms with Crippen LogP contribution in [0.4, 0.5) is 0 Å². The molecule has 0 saturated heterocycles. The van der Waals surface area contributed by atoms with Gasteiger partial charge in [-0.1, -0.05) is 27.5 Å². The van der Waals surface area contributed by atoms with E-state index in [0.717, 1.165) is 54.0 Å². The quantitative estimate of drug-likeness (QED) is 0.202. The lowest BCUT2D eigenvalue weighted by Crippen LogP contribution is -2.06. The molecular weight excluding hydrogens is 444 g/mol. The summed E-state index contributed by atoms with van der Waals surface area (Å²) in [6, 6.07) is 14.3. The Bertz CT molecular complexity index is 866. The van der Waals surface area contributed by atoms with Crippen molar-refractivity contribution in [3.8, 4) is 5.75 Å². The first-order valence-electron chi connectivity index (χ1n) is 9.12. The number of halogens is 2. The first-order valence-corrected chi connectivity index (χ1v) is 11.4. The van der Waals surface area contributed by atoms with Crippen LogP contribution in [0, 0.1) is 6.92 Å². The summed E-state index contributed by atoms with van der Waals surface area (Å²) in [4.78, 5) is 4.64. The van der Waals surface area contributed by atoms with E-state index in [2.05, 4.69) is 56.8 Å². The zero-order valence-electron chi connectivity index (χ0n) is 15.4. The van der Waals surface area contributed by atoms with Crippen LogP contribution < -0.4 is 9.46 Å². The lowest BCUT2D eigenvalue weighted by molar-refractivity contribution is 0.319. The third-order valence-corrected chi connectivity index (χ3v) is 6.00. The number of benzene rings is 2. The molecule has 0 amide bonds. The van der Waals surface area contributed by atoms with E-state index in [-0.39, 0.29) is 0 Å². The molecule has 0 aliphatic heterocycles. The van der Waals surface area contributed by atoms with E-state index in [0.29, 0.717) is 0 Å². The third-order valence-electron chi connectivity index (χ3n) is 4.35. The Morgan fingerprint density at radius 2 is 1.96 bits per heavy atom. The molecule has 0 aliphatic carbocycles. The van der Waals surface area contributed by atoms with Crippen LogP contribution in [0.15, 0.2) is 47.4 Å². The van der Waals surface area contributed by atoms with Gasteiger partial charge in [0.15, 0.2) is 0 Å². The van der Waals surface area contributed by atoms with Gasteiger partial charge >= 0.3 is 0 Å². The maximum absolute atomic E-state index is 6.16. The van der Waals surface area contributed by atoms with Crippen LogP contribution in [0.2, 0.25) is 5.02 Å². The van der Waals surface area contributed by atoms with Crippen molar-refractivity contribution in [3.63, 3.8) is 0 Å². The molecule has 0 atom stereocenters. The Hall–Kier alpha value is -1.14. The number of hydrogen-bond acceptors (Lipinski definition) is 3. The number of hydrogen-bond donors (Lipinski definition) is 2. The number of rotatable bonds is 10. The molecule has 1 aromatic heterocycles. The predicted octanol–water partition coefficient (Wildman–Crippen LogP) is 6.52. The van der Waals surface area contributed by atoms with Gasteiger partial charge in [-0.25, -0.2) is 0 Å². The fraction of sp³-hybridized carbons (Fsp3) is 0.333. The maximum Gasteiger partial charge on any atom is 0.119 e. The Labute approximate surface area is 178 Å².